The minimum Gasteiger partial charge on any atom is -0.296 e. The number of halogens is 1. The van der Waals surface area contributed by atoms with Gasteiger partial charge in [-0.15, -0.1) is 0 Å². The normalized spacial score (nSPS) is 12.4. The number of nitrogens with zero attached hydrogens (tertiary/aromatic N) is 2. The van der Waals surface area contributed by atoms with Crippen molar-refractivity contribution in [2.45, 2.75) is 19.4 Å². The van der Waals surface area contributed by atoms with Crippen molar-refractivity contribution in [3.05, 3.63) is 65.7 Å². The summed E-state index contributed by atoms with van der Waals surface area (Å²) in [6, 6.07) is 9.40. The second-order valence-electron chi connectivity index (χ2n) is 5.13. The van der Waals surface area contributed by atoms with Crippen LogP contribution in [0.15, 0.2) is 48.8 Å². The van der Waals surface area contributed by atoms with Crippen LogP contribution < -0.4 is 0 Å². The molecule has 3 nitrogen and oxygen atoms in total. The van der Waals surface area contributed by atoms with E-state index in [1.807, 2.05) is 31.0 Å². The summed E-state index contributed by atoms with van der Waals surface area (Å²) >= 11 is 0. The lowest BCUT2D eigenvalue weighted by Crippen LogP contribution is -2.37. The van der Waals surface area contributed by atoms with Crippen LogP contribution in [0.5, 0.6) is 0 Å². The fraction of sp³-hybridized carbons (Fsp3) is 0.294. The van der Waals surface area contributed by atoms with Crippen molar-refractivity contribution in [2.24, 2.45) is 0 Å². The van der Waals surface area contributed by atoms with Gasteiger partial charge in [0.2, 0.25) is 0 Å². The number of hydrogen-bond acceptors (Lipinski definition) is 3. The maximum atomic E-state index is 12.9. The SMILES string of the molecule is CC(C(=O)c1ccc(F)cc1)N(C)CCc1ccncc1. The maximum absolute atomic E-state index is 12.9. The summed E-state index contributed by atoms with van der Waals surface area (Å²) in [7, 11) is 1.92. The molecule has 110 valence electrons. The molecule has 2 rings (SSSR count). The van der Waals surface area contributed by atoms with Crippen molar-refractivity contribution in [2.75, 3.05) is 13.6 Å². The lowest BCUT2D eigenvalue weighted by atomic mass is 10.0. The van der Waals surface area contributed by atoms with Gasteiger partial charge in [0.1, 0.15) is 5.82 Å². The second kappa shape index (κ2) is 7.09. The van der Waals surface area contributed by atoms with Crippen LogP contribution in [0.3, 0.4) is 0 Å². The molecule has 0 aliphatic heterocycles. The fourth-order valence-corrected chi connectivity index (χ4v) is 2.10. The molecule has 0 saturated carbocycles. The van der Waals surface area contributed by atoms with Crippen LogP contribution in [0, 0.1) is 5.82 Å². The molecule has 21 heavy (non-hydrogen) atoms. The van der Waals surface area contributed by atoms with E-state index in [1.54, 1.807) is 12.4 Å². The quantitative estimate of drug-likeness (QED) is 0.765. The molecular weight excluding hydrogens is 267 g/mol. The Kier molecular flexibility index (Phi) is 5.17. The minimum atomic E-state index is -0.328. The molecule has 0 aliphatic rings. The molecule has 2 aromatic rings. The Bertz CT molecular complexity index is 583. The Morgan fingerprint density at radius 3 is 2.43 bits per heavy atom. The number of ketones is 1. The molecule has 1 heterocycles. The molecule has 0 amide bonds. The smallest absolute Gasteiger partial charge is 0.179 e. The van der Waals surface area contributed by atoms with Gasteiger partial charge in [-0.1, -0.05) is 0 Å². The van der Waals surface area contributed by atoms with E-state index in [1.165, 1.54) is 29.8 Å². The van der Waals surface area contributed by atoms with Crippen LogP contribution >= 0.6 is 0 Å². The zero-order valence-corrected chi connectivity index (χ0v) is 12.3. The van der Waals surface area contributed by atoms with E-state index in [-0.39, 0.29) is 17.6 Å². The summed E-state index contributed by atoms with van der Waals surface area (Å²) in [4.78, 5) is 18.3. The average Bonchev–Trinajstić information content (AvgIpc) is 2.53. The highest BCUT2D eigenvalue weighted by atomic mass is 19.1. The van der Waals surface area contributed by atoms with Gasteiger partial charge in [0.15, 0.2) is 5.78 Å². The zero-order valence-electron chi connectivity index (χ0n) is 12.3. The molecule has 0 fully saturated rings. The standard InChI is InChI=1S/C17H19FN2O/c1-13(17(21)15-3-5-16(18)6-4-15)20(2)12-9-14-7-10-19-11-8-14/h3-8,10-11,13H,9,12H2,1-2H3. The number of carbonyl (C=O) groups is 1. The highest BCUT2D eigenvalue weighted by Gasteiger charge is 2.19. The third-order valence-corrected chi connectivity index (χ3v) is 3.67. The van der Waals surface area contributed by atoms with Crippen molar-refractivity contribution >= 4 is 5.78 Å². The second-order valence-corrected chi connectivity index (χ2v) is 5.13. The molecule has 1 aromatic carbocycles. The summed E-state index contributed by atoms with van der Waals surface area (Å²) in [6.07, 6.45) is 4.39. The molecular formula is C17H19FN2O. The van der Waals surface area contributed by atoms with E-state index in [9.17, 15) is 9.18 Å². The molecule has 0 aliphatic carbocycles. The Hall–Kier alpha value is -2.07. The van der Waals surface area contributed by atoms with Gasteiger partial charge in [-0.3, -0.25) is 14.7 Å². The Morgan fingerprint density at radius 2 is 1.81 bits per heavy atom. The molecule has 4 heteroatoms. The van der Waals surface area contributed by atoms with Crippen molar-refractivity contribution in [3.63, 3.8) is 0 Å². The minimum absolute atomic E-state index is 0.00669. The number of Topliss-reactive ketones (excluding diaryl/α,β-unsaturated/α-hetero) is 1. The zero-order chi connectivity index (χ0) is 15.2. The van der Waals surface area contributed by atoms with Crippen LogP contribution in [-0.2, 0) is 6.42 Å². The number of benzene rings is 1. The van der Waals surface area contributed by atoms with Gasteiger partial charge in [0.05, 0.1) is 6.04 Å². The van der Waals surface area contributed by atoms with Gasteiger partial charge < -0.3 is 0 Å². The van der Waals surface area contributed by atoms with Crippen molar-refractivity contribution in [1.82, 2.24) is 9.88 Å². The fourth-order valence-electron chi connectivity index (χ4n) is 2.10. The number of carbonyl (C=O) groups excluding carboxylic acids is 1. The van der Waals surface area contributed by atoms with E-state index >= 15 is 0 Å². The predicted octanol–water partition coefficient (Wildman–Crippen LogP) is 2.97. The van der Waals surface area contributed by atoms with Crippen molar-refractivity contribution in [3.8, 4) is 0 Å². The summed E-state index contributed by atoms with van der Waals surface area (Å²) < 4.78 is 12.9. The average molecular weight is 286 g/mol. The van der Waals surface area contributed by atoms with Crippen LogP contribution in [0.25, 0.3) is 0 Å². The van der Waals surface area contributed by atoms with Gasteiger partial charge in [0.25, 0.3) is 0 Å². The number of hydrogen-bond donors (Lipinski definition) is 0. The van der Waals surface area contributed by atoms with Crippen LogP contribution in [0.2, 0.25) is 0 Å². The first-order chi connectivity index (χ1) is 10.1. The van der Waals surface area contributed by atoms with Gasteiger partial charge in [-0.2, -0.15) is 0 Å². The van der Waals surface area contributed by atoms with Gasteiger partial charge in [-0.25, -0.2) is 4.39 Å². The maximum Gasteiger partial charge on any atom is 0.179 e. The van der Waals surface area contributed by atoms with Crippen molar-refractivity contribution < 1.29 is 9.18 Å². The molecule has 0 radical (unpaired) electrons. The third kappa shape index (κ3) is 4.20. The van der Waals surface area contributed by atoms with Crippen LogP contribution in [0.4, 0.5) is 4.39 Å². The number of aromatic nitrogens is 1. The summed E-state index contributed by atoms with van der Waals surface area (Å²) in [6.45, 7) is 2.65. The van der Waals surface area contributed by atoms with E-state index in [2.05, 4.69) is 4.98 Å². The molecule has 0 N–H and O–H groups in total. The lowest BCUT2D eigenvalue weighted by molar-refractivity contribution is 0.0870. The number of pyridine rings is 1. The van der Waals surface area contributed by atoms with E-state index in [0.717, 1.165) is 13.0 Å². The summed E-state index contributed by atoms with van der Waals surface area (Å²) in [5.74, 6) is -0.322. The first-order valence-electron chi connectivity index (χ1n) is 6.97. The van der Waals surface area contributed by atoms with E-state index in [0.29, 0.717) is 5.56 Å². The Morgan fingerprint density at radius 1 is 1.19 bits per heavy atom. The number of rotatable bonds is 6. The van der Waals surface area contributed by atoms with Gasteiger partial charge >= 0.3 is 0 Å². The topological polar surface area (TPSA) is 33.2 Å². The monoisotopic (exact) mass is 286 g/mol. The molecule has 1 unspecified atom stereocenters. The molecule has 0 spiro atoms. The third-order valence-electron chi connectivity index (χ3n) is 3.67. The van der Waals surface area contributed by atoms with E-state index < -0.39 is 0 Å². The van der Waals surface area contributed by atoms with Crippen LogP contribution in [0.1, 0.15) is 22.8 Å². The Labute approximate surface area is 124 Å². The first kappa shape index (κ1) is 15.3. The predicted molar refractivity (Wildman–Crippen MR) is 80.8 cm³/mol. The van der Waals surface area contributed by atoms with Gasteiger partial charge in [-0.05, 0) is 62.4 Å². The molecule has 0 bridgehead atoms. The Balaban J connectivity index is 1.93. The van der Waals surface area contributed by atoms with E-state index in [4.69, 9.17) is 0 Å². The lowest BCUT2D eigenvalue weighted by Gasteiger charge is -2.23. The van der Waals surface area contributed by atoms with Gasteiger partial charge in [0, 0.05) is 24.5 Å². The molecule has 0 saturated heterocycles. The van der Waals surface area contributed by atoms with Crippen molar-refractivity contribution in [1.29, 1.82) is 0 Å². The highest BCUT2D eigenvalue weighted by Crippen LogP contribution is 2.10. The highest BCUT2D eigenvalue weighted by molar-refractivity contribution is 5.99. The summed E-state index contributed by atoms with van der Waals surface area (Å²) in [5, 5.41) is 0. The molecule has 1 aromatic heterocycles. The largest absolute Gasteiger partial charge is 0.296 e. The molecule has 1 atom stereocenters. The van der Waals surface area contributed by atoms with Crippen LogP contribution in [-0.4, -0.2) is 35.3 Å². The first-order valence-corrected chi connectivity index (χ1v) is 6.97. The summed E-state index contributed by atoms with van der Waals surface area (Å²) in [5.41, 5.74) is 1.73. The number of likely N-dealkylation sites (N-methyl/N-ethyl adjacent to an activating group) is 1.